The zero-order valence-corrected chi connectivity index (χ0v) is 19.0. The Labute approximate surface area is 201 Å². The molecule has 7 rings (SSSR count). The van der Waals surface area contributed by atoms with Gasteiger partial charge in [-0.3, -0.25) is 4.57 Å². The second-order valence-electron chi connectivity index (χ2n) is 9.63. The van der Waals surface area contributed by atoms with E-state index < -0.39 is 34.8 Å². The van der Waals surface area contributed by atoms with Crippen LogP contribution in [0.15, 0.2) is 47.3 Å². The van der Waals surface area contributed by atoms with Crippen LogP contribution in [0.3, 0.4) is 0 Å². The first-order valence-corrected chi connectivity index (χ1v) is 11.4. The van der Waals surface area contributed by atoms with Crippen LogP contribution in [0.5, 0.6) is 17.4 Å². The summed E-state index contributed by atoms with van der Waals surface area (Å²) in [6.45, 7) is 2.49. The average Bonchev–Trinajstić information content (AvgIpc) is 3.37. The molecule has 1 spiro atoms. The van der Waals surface area contributed by atoms with Crippen molar-refractivity contribution in [3.05, 3.63) is 75.7 Å². The number of rotatable bonds is 5. The molecule has 3 aliphatic heterocycles. The first-order valence-electron chi connectivity index (χ1n) is 11.4. The molecule has 1 unspecified atom stereocenters. The number of hydrogen-bond acceptors (Lipinski definition) is 5. The van der Waals surface area contributed by atoms with Crippen LogP contribution in [-0.2, 0) is 19.3 Å². The number of anilines is 1. The minimum atomic E-state index is -4.54. The van der Waals surface area contributed by atoms with Crippen molar-refractivity contribution in [1.29, 1.82) is 0 Å². The highest BCUT2D eigenvalue weighted by Crippen LogP contribution is 2.59. The quantitative estimate of drug-likeness (QED) is 0.442. The number of alkyl halides is 3. The maximum absolute atomic E-state index is 14.6. The van der Waals surface area contributed by atoms with E-state index in [1.807, 2.05) is 0 Å². The van der Waals surface area contributed by atoms with Gasteiger partial charge in [-0.2, -0.15) is 18.2 Å². The number of hydrogen-bond donors (Lipinski definition) is 0. The summed E-state index contributed by atoms with van der Waals surface area (Å²) >= 11 is 0. The molecule has 3 aromatic rings. The first-order chi connectivity index (χ1) is 17.0. The van der Waals surface area contributed by atoms with E-state index in [9.17, 15) is 26.7 Å². The molecule has 6 nitrogen and oxygen atoms in total. The van der Waals surface area contributed by atoms with Gasteiger partial charge in [-0.25, -0.2) is 13.6 Å². The van der Waals surface area contributed by atoms with Crippen molar-refractivity contribution >= 4 is 5.82 Å². The lowest BCUT2D eigenvalue weighted by Gasteiger charge is -2.36. The fourth-order valence-corrected chi connectivity index (χ4v) is 5.72. The van der Waals surface area contributed by atoms with E-state index in [-0.39, 0.29) is 29.3 Å². The van der Waals surface area contributed by atoms with Gasteiger partial charge in [0.2, 0.25) is 5.88 Å². The average molecular weight is 505 g/mol. The maximum atomic E-state index is 14.6. The predicted octanol–water partition coefficient (Wildman–Crippen LogP) is 5.28. The summed E-state index contributed by atoms with van der Waals surface area (Å²) in [5.74, 6) is -1.59. The van der Waals surface area contributed by atoms with Crippen molar-refractivity contribution in [2.75, 3.05) is 4.90 Å². The van der Waals surface area contributed by atoms with Gasteiger partial charge in [0.15, 0.2) is 17.4 Å². The molecule has 1 aromatic heterocycles. The Bertz CT molecular complexity index is 1390. The third-order valence-corrected chi connectivity index (χ3v) is 7.40. The first kappa shape index (κ1) is 22.8. The Morgan fingerprint density at radius 2 is 1.75 bits per heavy atom. The van der Waals surface area contributed by atoms with Crippen molar-refractivity contribution in [3.63, 3.8) is 0 Å². The van der Waals surface area contributed by atoms with Crippen LogP contribution >= 0.6 is 0 Å². The lowest BCUT2D eigenvalue weighted by atomic mass is 9.72. The van der Waals surface area contributed by atoms with Gasteiger partial charge in [-0.1, -0.05) is 0 Å². The molecule has 1 saturated carbocycles. The highest BCUT2D eigenvalue weighted by Gasteiger charge is 2.63. The van der Waals surface area contributed by atoms with Gasteiger partial charge in [0.05, 0.1) is 17.6 Å². The summed E-state index contributed by atoms with van der Waals surface area (Å²) in [6, 6.07) is 7.46. The SMILES string of the molecule is CC1C2CC3(C2)Cn2c(cc(OCc4cc(F)c(Oc5ccc(C(F)(F)F)cc5)c(F)c4)nc2=O)N13. The van der Waals surface area contributed by atoms with E-state index in [0.29, 0.717) is 18.5 Å². The minimum Gasteiger partial charge on any atom is -0.473 e. The van der Waals surface area contributed by atoms with E-state index >= 15 is 0 Å². The van der Waals surface area contributed by atoms with E-state index in [0.717, 1.165) is 55.1 Å². The van der Waals surface area contributed by atoms with Crippen molar-refractivity contribution < 1.29 is 31.4 Å². The van der Waals surface area contributed by atoms with Crippen molar-refractivity contribution in [3.8, 4) is 17.4 Å². The number of fused-ring (bicyclic) bond motifs is 1. The standard InChI is InChI=1S/C25H20F5N3O3/c1-13-15-9-24(10-15)12-32-21(33(13)24)8-20(31-23(32)34)35-11-14-6-18(26)22(19(27)7-14)36-17-4-2-16(3-5-17)25(28,29)30/h2-8,13,15H,9-12H2,1H3. The van der Waals surface area contributed by atoms with Crippen molar-refractivity contribution in [1.82, 2.24) is 9.55 Å². The summed E-state index contributed by atoms with van der Waals surface area (Å²) in [7, 11) is 0. The third-order valence-electron chi connectivity index (χ3n) is 7.40. The zero-order chi connectivity index (χ0) is 25.4. The molecule has 4 heterocycles. The minimum absolute atomic E-state index is 0.0221. The van der Waals surface area contributed by atoms with Gasteiger partial charge >= 0.3 is 11.9 Å². The lowest BCUT2D eigenvalue weighted by molar-refractivity contribution is -0.137. The van der Waals surface area contributed by atoms with Gasteiger partial charge in [0, 0.05) is 12.1 Å². The number of benzene rings is 2. The summed E-state index contributed by atoms with van der Waals surface area (Å²) in [5, 5.41) is 0. The predicted molar refractivity (Wildman–Crippen MR) is 118 cm³/mol. The van der Waals surface area contributed by atoms with E-state index in [1.165, 1.54) is 0 Å². The molecule has 2 saturated heterocycles. The highest BCUT2D eigenvalue weighted by atomic mass is 19.4. The molecular weight excluding hydrogens is 485 g/mol. The maximum Gasteiger partial charge on any atom is 0.416 e. The molecule has 1 atom stereocenters. The van der Waals surface area contributed by atoms with E-state index in [4.69, 9.17) is 9.47 Å². The normalized spacial score (nSPS) is 23.8. The van der Waals surface area contributed by atoms with Crippen molar-refractivity contribution in [2.24, 2.45) is 5.92 Å². The largest absolute Gasteiger partial charge is 0.473 e. The molecule has 188 valence electrons. The second-order valence-corrected chi connectivity index (χ2v) is 9.63. The van der Waals surface area contributed by atoms with E-state index in [1.54, 1.807) is 10.6 Å². The fraction of sp³-hybridized carbons (Fsp3) is 0.360. The van der Waals surface area contributed by atoms with Gasteiger partial charge in [0.25, 0.3) is 0 Å². The van der Waals surface area contributed by atoms with Crippen LogP contribution in [0.4, 0.5) is 27.8 Å². The second kappa shape index (κ2) is 7.68. The van der Waals surface area contributed by atoms with Gasteiger partial charge in [-0.05, 0) is 67.6 Å². The molecule has 1 aliphatic carbocycles. The monoisotopic (exact) mass is 505 g/mol. The Balaban J connectivity index is 1.18. The molecule has 0 amide bonds. The molecule has 2 aromatic carbocycles. The molecule has 0 N–H and O–H groups in total. The molecule has 2 bridgehead atoms. The summed E-state index contributed by atoms with van der Waals surface area (Å²) in [4.78, 5) is 18.8. The third kappa shape index (κ3) is 3.51. The highest BCUT2D eigenvalue weighted by molar-refractivity contribution is 5.55. The molecular formula is C25H20F5N3O3. The number of nitrogens with zero attached hydrogens (tertiary/aromatic N) is 3. The topological polar surface area (TPSA) is 56.6 Å². The molecule has 4 aliphatic rings. The molecule has 3 fully saturated rings. The van der Waals surface area contributed by atoms with Gasteiger partial charge in [-0.15, -0.1) is 0 Å². The molecule has 11 heteroatoms. The van der Waals surface area contributed by atoms with Crippen LogP contribution in [0.25, 0.3) is 0 Å². The van der Waals surface area contributed by atoms with Crippen LogP contribution in [0, 0.1) is 17.6 Å². The smallest absolute Gasteiger partial charge is 0.416 e. The van der Waals surface area contributed by atoms with E-state index in [2.05, 4.69) is 16.8 Å². The Hall–Kier alpha value is -3.63. The zero-order valence-electron chi connectivity index (χ0n) is 19.0. The Kier molecular flexibility index (Phi) is 4.87. The number of aromatic nitrogens is 2. The van der Waals surface area contributed by atoms with Crippen molar-refractivity contribution in [2.45, 2.75) is 50.7 Å². The molecule has 0 radical (unpaired) electrons. The van der Waals surface area contributed by atoms with Gasteiger partial charge < -0.3 is 14.4 Å². The van der Waals surface area contributed by atoms with Crippen LogP contribution in [-0.4, -0.2) is 21.1 Å². The number of ether oxygens (including phenoxy) is 2. The van der Waals surface area contributed by atoms with Crippen LogP contribution in [0.2, 0.25) is 0 Å². The lowest BCUT2D eigenvalue weighted by Crippen LogP contribution is -2.45. The Morgan fingerprint density at radius 1 is 1.08 bits per heavy atom. The van der Waals surface area contributed by atoms with Crippen LogP contribution < -0.4 is 20.1 Å². The Morgan fingerprint density at radius 3 is 2.39 bits per heavy atom. The summed E-state index contributed by atoms with van der Waals surface area (Å²) in [5.41, 5.74) is -1.24. The van der Waals surface area contributed by atoms with Gasteiger partial charge in [0.1, 0.15) is 18.2 Å². The number of halogens is 5. The fourth-order valence-electron chi connectivity index (χ4n) is 5.72. The summed E-state index contributed by atoms with van der Waals surface area (Å²) < 4.78 is 79.7. The summed E-state index contributed by atoms with van der Waals surface area (Å²) in [6.07, 6.45) is -2.44. The molecule has 36 heavy (non-hydrogen) atoms. The van der Waals surface area contributed by atoms with Crippen LogP contribution in [0.1, 0.15) is 30.9 Å².